The van der Waals surface area contributed by atoms with Crippen molar-refractivity contribution in [2.75, 3.05) is 5.32 Å². The minimum atomic E-state index is -0.208. The summed E-state index contributed by atoms with van der Waals surface area (Å²) in [6.45, 7) is 4.11. The van der Waals surface area contributed by atoms with Crippen molar-refractivity contribution in [3.63, 3.8) is 0 Å². The highest BCUT2D eigenvalue weighted by molar-refractivity contribution is 9.10. The van der Waals surface area contributed by atoms with Gasteiger partial charge in [0.05, 0.1) is 0 Å². The fraction of sp³-hybridized carbons (Fsp3) is 0.250. The molecule has 2 N–H and O–H groups in total. The lowest BCUT2D eigenvalue weighted by atomic mass is 10.1. The topological polar surface area (TPSA) is 70.7 Å². The number of amides is 1. The van der Waals surface area contributed by atoms with Crippen LogP contribution in [0.4, 0.5) is 5.82 Å². The van der Waals surface area contributed by atoms with E-state index in [1.165, 1.54) is 0 Å². The van der Waals surface area contributed by atoms with E-state index in [1.54, 1.807) is 18.3 Å². The van der Waals surface area contributed by atoms with Gasteiger partial charge >= 0.3 is 0 Å². The second kappa shape index (κ2) is 5.30. The van der Waals surface area contributed by atoms with Crippen molar-refractivity contribution in [1.82, 2.24) is 15.2 Å². The Kier molecular flexibility index (Phi) is 3.76. The SMILES string of the molecule is CC(C)c1cc(NC(=O)c2ccnc(Br)c2)n[nH]1. The number of aromatic nitrogens is 3. The maximum absolute atomic E-state index is 11.9. The van der Waals surface area contributed by atoms with Crippen molar-refractivity contribution >= 4 is 27.7 Å². The third kappa shape index (κ3) is 2.95. The summed E-state index contributed by atoms with van der Waals surface area (Å²) in [5.41, 5.74) is 1.52. The molecule has 18 heavy (non-hydrogen) atoms. The molecule has 2 aromatic rings. The van der Waals surface area contributed by atoms with E-state index in [4.69, 9.17) is 0 Å². The van der Waals surface area contributed by atoms with Crippen LogP contribution in [-0.2, 0) is 0 Å². The molecule has 0 atom stereocenters. The highest BCUT2D eigenvalue weighted by Crippen LogP contribution is 2.16. The first-order valence-electron chi connectivity index (χ1n) is 5.54. The van der Waals surface area contributed by atoms with Crippen molar-refractivity contribution < 1.29 is 4.79 Å². The lowest BCUT2D eigenvalue weighted by Gasteiger charge is -2.01. The molecule has 0 aromatic carbocycles. The lowest BCUT2D eigenvalue weighted by molar-refractivity contribution is 0.102. The predicted molar refractivity (Wildman–Crippen MR) is 72.6 cm³/mol. The molecule has 0 radical (unpaired) electrons. The van der Waals surface area contributed by atoms with Gasteiger partial charge in [-0.3, -0.25) is 9.89 Å². The number of aromatic amines is 1. The summed E-state index contributed by atoms with van der Waals surface area (Å²) < 4.78 is 0.625. The Bertz CT molecular complexity index is 565. The third-order valence-electron chi connectivity index (χ3n) is 2.45. The van der Waals surface area contributed by atoms with Crippen molar-refractivity contribution in [1.29, 1.82) is 0 Å². The maximum Gasteiger partial charge on any atom is 0.257 e. The van der Waals surface area contributed by atoms with E-state index in [0.717, 1.165) is 5.69 Å². The van der Waals surface area contributed by atoms with Crippen LogP contribution >= 0.6 is 15.9 Å². The van der Waals surface area contributed by atoms with E-state index in [-0.39, 0.29) is 5.91 Å². The van der Waals surface area contributed by atoms with Gasteiger partial charge in [0.25, 0.3) is 5.91 Å². The Morgan fingerprint density at radius 3 is 2.83 bits per heavy atom. The molecule has 0 fully saturated rings. The first-order chi connectivity index (χ1) is 8.56. The third-order valence-corrected chi connectivity index (χ3v) is 2.88. The quantitative estimate of drug-likeness (QED) is 0.856. The van der Waals surface area contributed by atoms with Gasteiger partial charge in [-0.1, -0.05) is 13.8 Å². The molecule has 0 aliphatic rings. The Labute approximate surface area is 113 Å². The van der Waals surface area contributed by atoms with Crippen LogP contribution in [0.3, 0.4) is 0 Å². The van der Waals surface area contributed by atoms with Crippen LogP contribution in [0.5, 0.6) is 0 Å². The Hall–Kier alpha value is -1.69. The summed E-state index contributed by atoms with van der Waals surface area (Å²) in [4.78, 5) is 15.9. The summed E-state index contributed by atoms with van der Waals surface area (Å²) >= 11 is 3.23. The van der Waals surface area contributed by atoms with Gasteiger partial charge in [-0.05, 0) is 34.0 Å². The van der Waals surface area contributed by atoms with Crippen LogP contribution in [-0.4, -0.2) is 21.1 Å². The van der Waals surface area contributed by atoms with E-state index in [2.05, 4.69) is 50.3 Å². The van der Waals surface area contributed by atoms with Crippen molar-refractivity contribution in [3.05, 3.63) is 40.3 Å². The van der Waals surface area contributed by atoms with Gasteiger partial charge in [0, 0.05) is 23.5 Å². The average Bonchev–Trinajstić information content (AvgIpc) is 2.77. The Morgan fingerprint density at radius 2 is 2.22 bits per heavy atom. The van der Waals surface area contributed by atoms with E-state index in [0.29, 0.717) is 21.9 Å². The van der Waals surface area contributed by atoms with Gasteiger partial charge < -0.3 is 5.32 Å². The van der Waals surface area contributed by atoms with Crippen molar-refractivity contribution in [2.24, 2.45) is 0 Å². The number of nitrogens with zero attached hydrogens (tertiary/aromatic N) is 2. The van der Waals surface area contributed by atoms with Crippen LogP contribution in [0.1, 0.15) is 35.8 Å². The minimum Gasteiger partial charge on any atom is -0.305 e. The zero-order valence-corrected chi connectivity index (χ0v) is 11.7. The standard InChI is InChI=1S/C12H13BrN4O/c1-7(2)9-6-11(17-16-9)15-12(18)8-3-4-14-10(13)5-8/h3-7H,1-2H3,(H2,15,16,17,18). The molecule has 1 amide bonds. The largest absolute Gasteiger partial charge is 0.305 e. The van der Waals surface area contributed by atoms with E-state index in [1.807, 2.05) is 6.07 Å². The number of carbonyl (C=O) groups is 1. The zero-order chi connectivity index (χ0) is 13.1. The van der Waals surface area contributed by atoms with Gasteiger partial charge in [-0.25, -0.2) is 4.98 Å². The highest BCUT2D eigenvalue weighted by Gasteiger charge is 2.10. The van der Waals surface area contributed by atoms with E-state index >= 15 is 0 Å². The summed E-state index contributed by atoms with van der Waals surface area (Å²) in [5.74, 6) is 0.662. The monoisotopic (exact) mass is 308 g/mol. The average molecular weight is 309 g/mol. The first kappa shape index (κ1) is 12.8. The number of anilines is 1. The molecule has 94 valence electrons. The molecule has 2 aromatic heterocycles. The molecular formula is C12H13BrN4O. The molecule has 0 aliphatic heterocycles. The lowest BCUT2D eigenvalue weighted by Crippen LogP contribution is -2.12. The smallest absolute Gasteiger partial charge is 0.257 e. The fourth-order valence-corrected chi connectivity index (χ4v) is 1.79. The Morgan fingerprint density at radius 1 is 1.44 bits per heavy atom. The molecule has 2 heterocycles. The molecule has 0 saturated carbocycles. The fourth-order valence-electron chi connectivity index (χ4n) is 1.43. The van der Waals surface area contributed by atoms with Gasteiger partial charge in [-0.2, -0.15) is 5.10 Å². The molecule has 0 bridgehead atoms. The van der Waals surface area contributed by atoms with E-state index in [9.17, 15) is 4.79 Å². The van der Waals surface area contributed by atoms with Crippen molar-refractivity contribution in [3.8, 4) is 0 Å². The van der Waals surface area contributed by atoms with Gasteiger partial charge in [0.15, 0.2) is 5.82 Å². The van der Waals surface area contributed by atoms with Crippen LogP contribution in [0, 0.1) is 0 Å². The van der Waals surface area contributed by atoms with Gasteiger partial charge in [0.1, 0.15) is 4.60 Å². The second-order valence-corrected chi connectivity index (χ2v) is 5.00. The molecular weight excluding hydrogens is 296 g/mol. The number of rotatable bonds is 3. The number of H-pyrrole nitrogens is 1. The minimum absolute atomic E-state index is 0.208. The molecule has 0 aliphatic carbocycles. The molecule has 6 heteroatoms. The van der Waals surface area contributed by atoms with Gasteiger partial charge in [0.2, 0.25) is 0 Å². The van der Waals surface area contributed by atoms with Crippen molar-refractivity contribution in [2.45, 2.75) is 19.8 Å². The number of pyridine rings is 1. The predicted octanol–water partition coefficient (Wildman–Crippen LogP) is 2.94. The summed E-state index contributed by atoms with van der Waals surface area (Å²) in [5, 5.41) is 9.66. The van der Waals surface area contributed by atoms with E-state index < -0.39 is 0 Å². The number of hydrogen-bond donors (Lipinski definition) is 2. The first-order valence-corrected chi connectivity index (χ1v) is 6.34. The molecule has 0 spiro atoms. The summed E-state index contributed by atoms with van der Waals surface area (Å²) in [6, 6.07) is 5.14. The second-order valence-electron chi connectivity index (χ2n) is 4.18. The number of nitrogens with one attached hydrogen (secondary N) is 2. The Balaban J connectivity index is 2.11. The molecule has 0 saturated heterocycles. The molecule has 0 unspecified atom stereocenters. The normalized spacial score (nSPS) is 10.7. The zero-order valence-electron chi connectivity index (χ0n) is 10.1. The molecule has 5 nitrogen and oxygen atoms in total. The maximum atomic E-state index is 11.9. The number of halogens is 1. The number of carbonyl (C=O) groups excluding carboxylic acids is 1. The van der Waals surface area contributed by atoms with Crippen LogP contribution < -0.4 is 5.32 Å². The van der Waals surface area contributed by atoms with Crippen LogP contribution in [0.15, 0.2) is 29.0 Å². The van der Waals surface area contributed by atoms with Crippen LogP contribution in [0.2, 0.25) is 0 Å². The highest BCUT2D eigenvalue weighted by atomic mass is 79.9. The van der Waals surface area contributed by atoms with Gasteiger partial charge in [-0.15, -0.1) is 0 Å². The summed E-state index contributed by atoms with van der Waals surface area (Å²) in [7, 11) is 0. The molecule has 2 rings (SSSR count). The number of hydrogen-bond acceptors (Lipinski definition) is 3. The summed E-state index contributed by atoms with van der Waals surface area (Å²) in [6.07, 6.45) is 1.57. The van der Waals surface area contributed by atoms with Crippen LogP contribution in [0.25, 0.3) is 0 Å².